The number of rotatable bonds is 66. The third-order valence-corrected chi connectivity index (χ3v) is 16.0. The second kappa shape index (κ2) is 69.6. The van der Waals surface area contributed by atoms with Crippen molar-refractivity contribution in [1.82, 2.24) is 0 Å². The van der Waals surface area contributed by atoms with Gasteiger partial charge in [-0.3, -0.25) is 14.4 Å². The Hall–Kier alpha value is -2.89. The average molecular weight is 1130 g/mol. The molecule has 1 atom stereocenters. The van der Waals surface area contributed by atoms with E-state index in [0.717, 1.165) is 89.9 Å². The van der Waals surface area contributed by atoms with E-state index in [1.807, 2.05) is 0 Å². The monoisotopic (exact) mass is 1130 g/mol. The molecule has 0 spiro atoms. The number of hydrogen-bond acceptors (Lipinski definition) is 6. The maximum absolute atomic E-state index is 12.9. The lowest BCUT2D eigenvalue weighted by Crippen LogP contribution is -2.30. The topological polar surface area (TPSA) is 78.9 Å². The molecular formula is C75H136O6. The van der Waals surface area contributed by atoms with E-state index < -0.39 is 6.10 Å². The van der Waals surface area contributed by atoms with E-state index in [1.165, 1.54) is 250 Å². The SMILES string of the molecule is CC/C=C\C/C=C\C/C=C\C/C=C\CCCCCCCCCCCCCCCCCCC(=O)OCC(COC(=O)CCCCCCC/C=C\CCCCC)OC(=O)CCCCCCCCCCCCCCCCCCCCCCCC. The number of ether oxygens (including phenoxy) is 3. The zero-order valence-corrected chi connectivity index (χ0v) is 54.3. The molecule has 0 rings (SSSR count). The molecule has 6 heteroatoms. The van der Waals surface area contributed by atoms with Crippen LogP contribution in [0.4, 0.5) is 0 Å². The van der Waals surface area contributed by atoms with Crippen molar-refractivity contribution in [3.8, 4) is 0 Å². The van der Waals surface area contributed by atoms with E-state index in [2.05, 4.69) is 81.5 Å². The molecule has 0 aromatic carbocycles. The Morgan fingerprint density at radius 3 is 0.790 bits per heavy atom. The Balaban J connectivity index is 4.18. The van der Waals surface area contributed by atoms with Gasteiger partial charge in [0.15, 0.2) is 6.10 Å². The van der Waals surface area contributed by atoms with E-state index >= 15 is 0 Å². The summed E-state index contributed by atoms with van der Waals surface area (Å²) in [6.07, 6.45) is 89.7. The number of hydrogen-bond donors (Lipinski definition) is 0. The highest BCUT2D eigenvalue weighted by atomic mass is 16.6. The molecule has 6 nitrogen and oxygen atoms in total. The molecule has 0 aromatic heterocycles. The van der Waals surface area contributed by atoms with Crippen LogP contribution in [0.25, 0.3) is 0 Å². The molecule has 0 heterocycles. The van der Waals surface area contributed by atoms with Crippen molar-refractivity contribution < 1.29 is 28.6 Å². The Bertz CT molecular complexity index is 1440. The maximum atomic E-state index is 12.9. The molecule has 81 heavy (non-hydrogen) atoms. The van der Waals surface area contributed by atoms with Gasteiger partial charge in [-0.15, -0.1) is 0 Å². The van der Waals surface area contributed by atoms with Crippen LogP contribution in [0.1, 0.15) is 380 Å². The Morgan fingerprint density at radius 1 is 0.259 bits per heavy atom. The van der Waals surface area contributed by atoms with E-state index in [-0.39, 0.29) is 31.1 Å². The van der Waals surface area contributed by atoms with Gasteiger partial charge in [-0.2, -0.15) is 0 Å². The lowest BCUT2D eigenvalue weighted by molar-refractivity contribution is -0.167. The minimum Gasteiger partial charge on any atom is -0.462 e. The predicted octanol–water partition coefficient (Wildman–Crippen LogP) is 24.7. The van der Waals surface area contributed by atoms with Gasteiger partial charge in [-0.1, -0.05) is 338 Å². The van der Waals surface area contributed by atoms with Gasteiger partial charge in [0.25, 0.3) is 0 Å². The third-order valence-electron chi connectivity index (χ3n) is 16.0. The number of unbranched alkanes of at least 4 members (excludes halogenated alkanes) is 45. The van der Waals surface area contributed by atoms with Gasteiger partial charge in [0.05, 0.1) is 0 Å². The summed E-state index contributed by atoms with van der Waals surface area (Å²) in [6, 6.07) is 0. The van der Waals surface area contributed by atoms with Crippen LogP contribution in [0.2, 0.25) is 0 Å². The predicted molar refractivity (Wildman–Crippen MR) is 353 cm³/mol. The average Bonchev–Trinajstić information content (AvgIpc) is 3.47. The Morgan fingerprint density at radius 2 is 0.481 bits per heavy atom. The zero-order chi connectivity index (χ0) is 58.5. The summed E-state index contributed by atoms with van der Waals surface area (Å²) in [5, 5.41) is 0. The summed E-state index contributed by atoms with van der Waals surface area (Å²) in [4.78, 5) is 38.4. The van der Waals surface area contributed by atoms with Crippen LogP contribution in [0.3, 0.4) is 0 Å². The molecule has 0 aromatic rings. The van der Waals surface area contributed by atoms with Crippen LogP contribution in [-0.4, -0.2) is 37.2 Å². The standard InChI is InChI=1S/C75H136O6/c1-4-7-10-13-16-19-22-25-27-29-31-33-35-36-37-38-39-40-41-43-44-46-48-50-53-56-59-62-65-68-74(77)80-71-72(70-79-73(76)67-64-61-58-55-52-24-21-18-15-12-9-6-3)81-75(78)69-66-63-60-57-54-51-49-47-45-42-34-32-30-28-26-23-20-17-14-11-8-5-2/h7,10,16,18-19,21,25,27,31,33,72H,4-6,8-9,11-15,17,20,22-24,26,28-30,32,34-71H2,1-3H3/b10-7-,19-16-,21-18-,27-25-,33-31-. The number of carbonyl (C=O) groups is 3. The quantitative estimate of drug-likeness (QED) is 0.0261. The number of carbonyl (C=O) groups excluding carboxylic acids is 3. The normalized spacial score (nSPS) is 12.4. The Kier molecular flexibility index (Phi) is 67.1. The third kappa shape index (κ3) is 67.8. The van der Waals surface area contributed by atoms with Crippen molar-refractivity contribution in [2.24, 2.45) is 0 Å². The van der Waals surface area contributed by atoms with Crippen molar-refractivity contribution >= 4 is 17.9 Å². The summed E-state index contributed by atoms with van der Waals surface area (Å²) in [6.45, 7) is 6.56. The number of allylic oxidation sites excluding steroid dienone is 10. The van der Waals surface area contributed by atoms with Crippen LogP contribution in [0, 0.1) is 0 Å². The fourth-order valence-corrected chi connectivity index (χ4v) is 10.7. The first kappa shape index (κ1) is 78.1. The van der Waals surface area contributed by atoms with Crippen molar-refractivity contribution in [3.63, 3.8) is 0 Å². The molecule has 0 saturated carbocycles. The van der Waals surface area contributed by atoms with Crippen LogP contribution in [0.15, 0.2) is 60.8 Å². The van der Waals surface area contributed by atoms with E-state index in [1.54, 1.807) is 0 Å². The van der Waals surface area contributed by atoms with Gasteiger partial charge in [-0.05, 0) is 83.5 Å². The summed E-state index contributed by atoms with van der Waals surface area (Å²) in [5.74, 6) is -0.855. The summed E-state index contributed by atoms with van der Waals surface area (Å²) >= 11 is 0. The van der Waals surface area contributed by atoms with Gasteiger partial charge < -0.3 is 14.2 Å². The van der Waals surface area contributed by atoms with Gasteiger partial charge >= 0.3 is 17.9 Å². The zero-order valence-electron chi connectivity index (χ0n) is 54.3. The van der Waals surface area contributed by atoms with Crippen molar-refractivity contribution in [2.75, 3.05) is 13.2 Å². The molecule has 0 amide bonds. The van der Waals surface area contributed by atoms with Gasteiger partial charge in [-0.25, -0.2) is 0 Å². The molecule has 472 valence electrons. The largest absolute Gasteiger partial charge is 0.462 e. The molecule has 0 N–H and O–H groups in total. The summed E-state index contributed by atoms with van der Waals surface area (Å²) < 4.78 is 17.0. The lowest BCUT2D eigenvalue weighted by atomic mass is 10.0. The van der Waals surface area contributed by atoms with Gasteiger partial charge in [0.1, 0.15) is 13.2 Å². The highest BCUT2D eigenvalue weighted by Crippen LogP contribution is 2.18. The molecule has 0 aliphatic rings. The van der Waals surface area contributed by atoms with Gasteiger partial charge in [0, 0.05) is 19.3 Å². The first-order valence-corrected chi connectivity index (χ1v) is 35.8. The van der Waals surface area contributed by atoms with E-state index in [9.17, 15) is 14.4 Å². The second-order valence-electron chi connectivity index (χ2n) is 24.1. The molecule has 1 unspecified atom stereocenters. The second-order valence-corrected chi connectivity index (χ2v) is 24.1. The summed E-state index contributed by atoms with van der Waals surface area (Å²) in [7, 11) is 0. The van der Waals surface area contributed by atoms with E-state index in [4.69, 9.17) is 14.2 Å². The molecule has 0 aliphatic heterocycles. The van der Waals surface area contributed by atoms with Crippen LogP contribution in [-0.2, 0) is 28.6 Å². The molecule has 0 fully saturated rings. The molecule has 0 saturated heterocycles. The molecule has 0 bridgehead atoms. The first-order valence-electron chi connectivity index (χ1n) is 35.8. The molecule has 0 aliphatic carbocycles. The van der Waals surface area contributed by atoms with Crippen LogP contribution >= 0.6 is 0 Å². The van der Waals surface area contributed by atoms with Crippen molar-refractivity contribution in [3.05, 3.63) is 60.8 Å². The van der Waals surface area contributed by atoms with Crippen LogP contribution < -0.4 is 0 Å². The van der Waals surface area contributed by atoms with Gasteiger partial charge in [0.2, 0.25) is 0 Å². The smallest absolute Gasteiger partial charge is 0.306 e. The van der Waals surface area contributed by atoms with E-state index in [0.29, 0.717) is 19.3 Å². The fraction of sp³-hybridized carbons (Fsp3) is 0.827. The highest BCUT2D eigenvalue weighted by molar-refractivity contribution is 5.71. The fourth-order valence-electron chi connectivity index (χ4n) is 10.7. The van der Waals surface area contributed by atoms with Crippen LogP contribution in [0.5, 0.6) is 0 Å². The number of esters is 3. The Labute approximate surface area is 504 Å². The summed E-state index contributed by atoms with van der Waals surface area (Å²) in [5.41, 5.74) is 0. The first-order chi connectivity index (χ1) is 40.0. The maximum Gasteiger partial charge on any atom is 0.306 e. The minimum absolute atomic E-state index is 0.0714. The molecule has 0 radical (unpaired) electrons. The van der Waals surface area contributed by atoms with Crippen molar-refractivity contribution in [1.29, 1.82) is 0 Å². The van der Waals surface area contributed by atoms with Crippen molar-refractivity contribution in [2.45, 2.75) is 386 Å². The minimum atomic E-state index is -0.775. The highest BCUT2D eigenvalue weighted by Gasteiger charge is 2.19. The lowest BCUT2D eigenvalue weighted by Gasteiger charge is -2.18. The molecular weight excluding hydrogens is 997 g/mol.